The van der Waals surface area contributed by atoms with Gasteiger partial charge >= 0.3 is 6.18 Å². The number of thiophene rings is 1. The van der Waals surface area contributed by atoms with E-state index in [0.29, 0.717) is 21.7 Å². The Hall–Kier alpha value is -3.58. The highest BCUT2D eigenvalue weighted by Crippen LogP contribution is 2.36. The maximum absolute atomic E-state index is 13.3. The van der Waals surface area contributed by atoms with Gasteiger partial charge in [0.1, 0.15) is 28.6 Å². The minimum Gasteiger partial charge on any atom is -0.487 e. The van der Waals surface area contributed by atoms with Crippen LogP contribution in [0.15, 0.2) is 54.9 Å². The quantitative estimate of drug-likeness (QED) is 0.387. The molecule has 178 valence electrons. The van der Waals surface area contributed by atoms with Crippen molar-refractivity contribution in [3.8, 4) is 10.8 Å². The number of benzene rings is 2. The average Bonchev–Trinajstić information content (AvgIpc) is 3.34. The summed E-state index contributed by atoms with van der Waals surface area (Å²) in [6, 6.07) is 11.2. The Morgan fingerprint density at radius 3 is 2.62 bits per heavy atom. The zero-order valence-corrected chi connectivity index (χ0v) is 19.1. The molecule has 1 amide bonds. The van der Waals surface area contributed by atoms with Crippen molar-refractivity contribution in [1.29, 1.82) is 0 Å². The van der Waals surface area contributed by atoms with Gasteiger partial charge in [-0.1, -0.05) is 18.2 Å². The van der Waals surface area contributed by atoms with Crippen molar-refractivity contribution in [2.45, 2.75) is 12.8 Å². The van der Waals surface area contributed by atoms with E-state index >= 15 is 0 Å². The summed E-state index contributed by atoms with van der Waals surface area (Å²) in [5, 5.41) is 0.451. The number of carbonyl (C=O) groups is 1. The SMILES string of the molecule is CS(=O)(=O)Nc1ccc2ncn(-c3cc(OCc4ccccc4C(F)(F)F)c(C(N)=O)s3)c2c1. The van der Waals surface area contributed by atoms with E-state index in [4.69, 9.17) is 10.5 Å². The van der Waals surface area contributed by atoms with Crippen molar-refractivity contribution in [3.05, 3.63) is 70.9 Å². The molecule has 0 saturated carbocycles. The Morgan fingerprint density at radius 1 is 1.21 bits per heavy atom. The lowest BCUT2D eigenvalue weighted by molar-refractivity contribution is -0.138. The molecule has 0 aliphatic rings. The zero-order valence-electron chi connectivity index (χ0n) is 17.5. The van der Waals surface area contributed by atoms with Gasteiger partial charge in [0.05, 0.1) is 28.5 Å². The second-order valence-corrected chi connectivity index (χ2v) is 10.1. The molecular weight excluding hydrogens is 493 g/mol. The van der Waals surface area contributed by atoms with E-state index < -0.39 is 34.3 Å². The number of primary amides is 1. The Morgan fingerprint density at radius 2 is 1.94 bits per heavy atom. The third kappa shape index (κ3) is 4.99. The normalized spacial score (nSPS) is 12.1. The number of halogens is 3. The van der Waals surface area contributed by atoms with Crippen molar-refractivity contribution in [1.82, 2.24) is 9.55 Å². The summed E-state index contributed by atoms with van der Waals surface area (Å²) in [5.74, 6) is -0.782. The zero-order chi connectivity index (χ0) is 24.7. The summed E-state index contributed by atoms with van der Waals surface area (Å²) in [7, 11) is -3.51. The van der Waals surface area contributed by atoms with Crippen LogP contribution in [0.1, 0.15) is 20.8 Å². The maximum atomic E-state index is 13.3. The number of sulfonamides is 1. The fourth-order valence-corrected chi connectivity index (χ4v) is 4.79. The third-order valence-corrected chi connectivity index (χ3v) is 6.44. The molecule has 0 atom stereocenters. The van der Waals surface area contributed by atoms with Crippen LogP contribution in [0.25, 0.3) is 16.0 Å². The summed E-state index contributed by atoms with van der Waals surface area (Å²) < 4.78 is 72.5. The molecule has 0 saturated heterocycles. The van der Waals surface area contributed by atoms with Crippen LogP contribution < -0.4 is 15.2 Å². The van der Waals surface area contributed by atoms with Gasteiger partial charge in [-0.25, -0.2) is 13.4 Å². The smallest absolute Gasteiger partial charge is 0.416 e. The number of amides is 1. The molecule has 0 aliphatic carbocycles. The maximum Gasteiger partial charge on any atom is 0.416 e. The standard InChI is InChI=1S/C21H17F3N4O4S2/c1-34(30,31)27-13-6-7-15-16(8-13)28(11-26-15)18-9-17(19(33-18)20(25)29)32-10-12-4-2-3-5-14(12)21(22,23)24/h2-9,11,27H,10H2,1H3,(H2,25,29). The van der Waals surface area contributed by atoms with E-state index in [1.54, 1.807) is 22.8 Å². The van der Waals surface area contributed by atoms with Crippen LogP contribution in [0.5, 0.6) is 5.75 Å². The van der Waals surface area contributed by atoms with Gasteiger partial charge in [0.2, 0.25) is 10.0 Å². The molecule has 0 fully saturated rings. The minimum atomic E-state index is -4.56. The van der Waals surface area contributed by atoms with Gasteiger partial charge in [0, 0.05) is 11.6 Å². The predicted octanol–water partition coefficient (Wildman–Crippen LogP) is 4.16. The number of nitrogens with zero attached hydrogens (tertiary/aromatic N) is 2. The van der Waals surface area contributed by atoms with Crippen LogP contribution in [-0.4, -0.2) is 30.1 Å². The number of anilines is 1. The number of nitrogens with one attached hydrogen (secondary N) is 1. The largest absolute Gasteiger partial charge is 0.487 e. The molecular formula is C21H17F3N4O4S2. The highest BCUT2D eigenvalue weighted by molar-refractivity contribution is 7.92. The third-order valence-electron chi connectivity index (χ3n) is 4.70. The Bertz CT molecular complexity index is 1490. The average molecular weight is 511 g/mol. The molecule has 0 bridgehead atoms. The summed E-state index contributed by atoms with van der Waals surface area (Å²) in [6.07, 6.45) is -2.07. The number of ether oxygens (including phenoxy) is 1. The van der Waals surface area contributed by atoms with Crippen LogP contribution in [0.2, 0.25) is 0 Å². The number of hydrogen-bond donors (Lipinski definition) is 2. The number of fused-ring (bicyclic) bond motifs is 1. The Balaban J connectivity index is 1.69. The molecule has 2 aromatic heterocycles. The second kappa shape index (κ2) is 8.65. The lowest BCUT2D eigenvalue weighted by Gasteiger charge is -2.13. The van der Waals surface area contributed by atoms with E-state index in [0.717, 1.165) is 23.7 Å². The van der Waals surface area contributed by atoms with Crippen LogP contribution in [-0.2, 0) is 22.8 Å². The van der Waals surface area contributed by atoms with Crippen LogP contribution >= 0.6 is 11.3 Å². The molecule has 0 aliphatic heterocycles. The monoisotopic (exact) mass is 510 g/mol. The van der Waals surface area contributed by atoms with E-state index in [-0.39, 0.29) is 16.2 Å². The lowest BCUT2D eigenvalue weighted by Crippen LogP contribution is -2.13. The van der Waals surface area contributed by atoms with Crippen LogP contribution in [0.4, 0.5) is 18.9 Å². The van der Waals surface area contributed by atoms with E-state index in [1.165, 1.54) is 30.6 Å². The first-order chi connectivity index (χ1) is 15.9. The summed E-state index contributed by atoms with van der Waals surface area (Å²) in [6.45, 7) is -0.431. The highest BCUT2D eigenvalue weighted by Gasteiger charge is 2.33. The first-order valence-corrected chi connectivity index (χ1v) is 12.3. The first kappa shape index (κ1) is 23.6. The highest BCUT2D eigenvalue weighted by atomic mass is 32.2. The van der Waals surface area contributed by atoms with Gasteiger partial charge in [-0.15, -0.1) is 11.3 Å². The van der Waals surface area contributed by atoms with Crippen molar-refractivity contribution >= 4 is 44.0 Å². The van der Waals surface area contributed by atoms with E-state index in [1.807, 2.05) is 0 Å². The fraction of sp³-hybridized carbons (Fsp3) is 0.143. The molecule has 0 radical (unpaired) electrons. The van der Waals surface area contributed by atoms with Gasteiger partial charge < -0.3 is 10.5 Å². The molecule has 8 nitrogen and oxygen atoms in total. The summed E-state index contributed by atoms with van der Waals surface area (Å²) in [4.78, 5) is 16.3. The summed E-state index contributed by atoms with van der Waals surface area (Å²) in [5.41, 5.74) is 5.92. The molecule has 34 heavy (non-hydrogen) atoms. The van der Waals surface area contributed by atoms with Gasteiger partial charge in [0.25, 0.3) is 5.91 Å². The van der Waals surface area contributed by atoms with E-state index in [2.05, 4.69) is 9.71 Å². The number of alkyl halides is 3. The molecule has 3 N–H and O–H groups in total. The van der Waals surface area contributed by atoms with Crippen molar-refractivity contribution in [2.24, 2.45) is 5.73 Å². The number of carbonyl (C=O) groups excluding carboxylic acids is 1. The molecule has 2 aromatic carbocycles. The Labute approximate surface area is 195 Å². The van der Waals surface area contributed by atoms with Gasteiger partial charge in [-0.3, -0.25) is 14.1 Å². The number of aromatic nitrogens is 2. The topological polar surface area (TPSA) is 116 Å². The number of hydrogen-bond acceptors (Lipinski definition) is 6. The van der Waals surface area contributed by atoms with E-state index in [9.17, 15) is 26.4 Å². The molecule has 0 unspecified atom stereocenters. The predicted molar refractivity (Wildman–Crippen MR) is 122 cm³/mol. The van der Waals surface area contributed by atoms with Gasteiger partial charge in [-0.05, 0) is 24.3 Å². The first-order valence-electron chi connectivity index (χ1n) is 9.59. The molecule has 4 rings (SSSR count). The van der Waals surface area contributed by atoms with Crippen molar-refractivity contribution < 1.29 is 31.1 Å². The van der Waals surface area contributed by atoms with Crippen molar-refractivity contribution in [3.63, 3.8) is 0 Å². The number of imidazole rings is 1. The van der Waals surface area contributed by atoms with Crippen molar-refractivity contribution in [2.75, 3.05) is 11.0 Å². The molecule has 2 heterocycles. The minimum absolute atomic E-state index is 0.0201. The molecule has 0 spiro atoms. The second-order valence-electron chi connectivity index (χ2n) is 7.28. The molecule has 13 heteroatoms. The summed E-state index contributed by atoms with van der Waals surface area (Å²) >= 11 is 0.967. The van der Waals surface area contributed by atoms with Gasteiger partial charge in [0.15, 0.2) is 0 Å². The number of rotatable bonds is 7. The lowest BCUT2D eigenvalue weighted by atomic mass is 10.1. The number of nitrogens with two attached hydrogens (primary N) is 1. The van der Waals surface area contributed by atoms with Gasteiger partial charge in [-0.2, -0.15) is 13.2 Å². The molecule has 4 aromatic rings. The fourth-order valence-electron chi connectivity index (χ4n) is 3.30. The Kier molecular flexibility index (Phi) is 6.00. The van der Waals surface area contributed by atoms with Crippen LogP contribution in [0.3, 0.4) is 0 Å². The van der Waals surface area contributed by atoms with Crippen LogP contribution in [0, 0.1) is 0 Å².